The van der Waals surface area contributed by atoms with Gasteiger partial charge in [-0.2, -0.15) is 0 Å². The lowest BCUT2D eigenvalue weighted by Gasteiger charge is -2.32. The van der Waals surface area contributed by atoms with Gasteiger partial charge in [-0.15, -0.1) is 11.8 Å². The number of benzene rings is 3. The maximum absolute atomic E-state index is 13.9. The molecule has 0 heterocycles. The van der Waals surface area contributed by atoms with Crippen molar-refractivity contribution in [2.75, 3.05) is 5.75 Å². The molecule has 1 saturated carbocycles. The maximum Gasteiger partial charge on any atom is 0.243 e. The number of nitrogens with zero attached hydrogens (tertiary/aromatic N) is 1. The van der Waals surface area contributed by atoms with Crippen molar-refractivity contribution in [3.8, 4) is 0 Å². The summed E-state index contributed by atoms with van der Waals surface area (Å²) < 4.78 is 0. The standard InChI is InChI=1S/C31H34Cl2N2O2S/c1-22-10-5-6-13-24(22)19-35(30(36)21-38-20-26-27(32)16-9-17-28(26)33)29(18-23-11-3-2-4-12-23)31(37)34-25-14-7-8-15-25/h2-6,9-13,16-17,25,29H,7-8,14-15,18-21H2,1H3,(H,34,37)/t29-/m0/s1. The van der Waals surface area contributed by atoms with Gasteiger partial charge in [0.25, 0.3) is 0 Å². The Kier molecular flexibility index (Phi) is 10.6. The van der Waals surface area contributed by atoms with Gasteiger partial charge in [0, 0.05) is 34.8 Å². The molecule has 4 nitrogen and oxygen atoms in total. The van der Waals surface area contributed by atoms with Gasteiger partial charge in [-0.3, -0.25) is 9.59 Å². The van der Waals surface area contributed by atoms with Crippen molar-refractivity contribution in [1.82, 2.24) is 10.2 Å². The molecular weight excluding hydrogens is 535 g/mol. The summed E-state index contributed by atoms with van der Waals surface area (Å²) in [6.07, 6.45) is 4.69. The molecule has 1 fully saturated rings. The molecule has 7 heteroatoms. The van der Waals surface area contributed by atoms with Crippen LogP contribution in [0.2, 0.25) is 10.0 Å². The predicted molar refractivity (Wildman–Crippen MR) is 159 cm³/mol. The van der Waals surface area contributed by atoms with E-state index >= 15 is 0 Å². The molecule has 38 heavy (non-hydrogen) atoms. The molecule has 3 aromatic rings. The van der Waals surface area contributed by atoms with E-state index in [1.165, 1.54) is 11.8 Å². The van der Waals surface area contributed by atoms with Crippen LogP contribution in [0.25, 0.3) is 0 Å². The van der Waals surface area contributed by atoms with Crippen molar-refractivity contribution in [2.24, 2.45) is 0 Å². The summed E-state index contributed by atoms with van der Waals surface area (Å²) >= 11 is 14.2. The second kappa shape index (κ2) is 14.1. The van der Waals surface area contributed by atoms with E-state index in [2.05, 4.69) is 5.32 Å². The zero-order valence-electron chi connectivity index (χ0n) is 21.7. The molecular formula is C31H34Cl2N2O2S. The van der Waals surface area contributed by atoms with Gasteiger partial charge in [-0.1, -0.05) is 96.7 Å². The normalized spacial score (nSPS) is 14.3. The molecule has 200 valence electrons. The lowest BCUT2D eigenvalue weighted by molar-refractivity contribution is -0.139. The van der Waals surface area contributed by atoms with E-state index in [0.717, 1.165) is 47.9 Å². The lowest BCUT2D eigenvalue weighted by atomic mass is 10.0. The molecule has 4 rings (SSSR count). The van der Waals surface area contributed by atoms with Gasteiger partial charge < -0.3 is 10.2 Å². The van der Waals surface area contributed by atoms with Crippen molar-refractivity contribution < 1.29 is 9.59 Å². The molecule has 0 radical (unpaired) electrons. The summed E-state index contributed by atoms with van der Waals surface area (Å²) in [4.78, 5) is 29.4. The highest BCUT2D eigenvalue weighted by Gasteiger charge is 2.32. The molecule has 0 bridgehead atoms. The number of hydrogen-bond acceptors (Lipinski definition) is 3. The van der Waals surface area contributed by atoms with E-state index in [-0.39, 0.29) is 23.6 Å². The second-order valence-electron chi connectivity index (χ2n) is 9.84. The summed E-state index contributed by atoms with van der Waals surface area (Å²) in [7, 11) is 0. The fourth-order valence-electron chi connectivity index (χ4n) is 4.89. The monoisotopic (exact) mass is 568 g/mol. The zero-order valence-corrected chi connectivity index (χ0v) is 24.0. The van der Waals surface area contributed by atoms with E-state index < -0.39 is 6.04 Å². The largest absolute Gasteiger partial charge is 0.352 e. The van der Waals surface area contributed by atoms with E-state index in [4.69, 9.17) is 23.2 Å². The van der Waals surface area contributed by atoms with Crippen LogP contribution in [0.1, 0.15) is 47.9 Å². The Morgan fingerprint density at radius 1 is 0.947 bits per heavy atom. The smallest absolute Gasteiger partial charge is 0.243 e. The molecule has 1 atom stereocenters. The van der Waals surface area contributed by atoms with Crippen LogP contribution in [-0.2, 0) is 28.3 Å². The molecule has 1 aliphatic carbocycles. The topological polar surface area (TPSA) is 49.4 Å². The highest BCUT2D eigenvalue weighted by Crippen LogP contribution is 2.29. The van der Waals surface area contributed by atoms with Gasteiger partial charge in [-0.25, -0.2) is 0 Å². The Morgan fingerprint density at radius 2 is 1.61 bits per heavy atom. The van der Waals surface area contributed by atoms with Gasteiger partial charge in [0.05, 0.1) is 5.75 Å². The molecule has 0 unspecified atom stereocenters. The van der Waals surface area contributed by atoms with Crippen LogP contribution in [0.3, 0.4) is 0 Å². The average molecular weight is 570 g/mol. The minimum absolute atomic E-state index is 0.0797. The summed E-state index contributed by atoms with van der Waals surface area (Å²) in [5, 5.41) is 4.44. The van der Waals surface area contributed by atoms with E-state index in [1.807, 2.05) is 67.6 Å². The maximum atomic E-state index is 13.9. The molecule has 1 aliphatic rings. The molecule has 0 spiro atoms. The summed E-state index contributed by atoms with van der Waals surface area (Å²) in [6.45, 7) is 2.41. The van der Waals surface area contributed by atoms with Crippen LogP contribution in [0.15, 0.2) is 72.8 Å². The fourth-order valence-corrected chi connectivity index (χ4v) is 6.53. The number of hydrogen-bond donors (Lipinski definition) is 1. The number of nitrogens with one attached hydrogen (secondary N) is 1. The van der Waals surface area contributed by atoms with Gasteiger partial charge in [0.15, 0.2) is 0 Å². The third-order valence-corrected chi connectivity index (χ3v) is 8.76. The van der Waals surface area contributed by atoms with Gasteiger partial charge >= 0.3 is 0 Å². The number of carbonyl (C=O) groups is 2. The Hall–Kier alpha value is -2.47. The first-order valence-electron chi connectivity index (χ1n) is 13.1. The number of amides is 2. The van der Waals surface area contributed by atoms with Crippen LogP contribution in [-0.4, -0.2) is 34.6 Å². The predicted octanol–water partition coefficient (Wildman–Crippen LogP) is 7.23. The van der Waals surface area contributed by atoms with Gasteiger partial charge in [-0.05, 0) is 54.2 Å². The molecule has 0 saturated heterocycles. The third kappa shape index (κ3) is 7.78. The van der Waals surface area contributed by atoms with Crippen LogP contribution in [0.5, 0.6) is 0 Å². The third-order valence-electron chi connectivity index (χ3n) is 7.11. The van der Waals surface area contributed by atoms with Crippen molar-refractivity contribution in [1.29, 1.82) is 0 Å². The van der Waals surface area contributed by atoms with Crippen LogP contribution >= 0.6 is 35.0 Å². The first kappa shape index (κ1) is 28.5. The van der Waals surface area contributed by atoms with Gasteiger partial charge in [0.2, 0.25) is 11.8 Å². The number of aryl methyl sites for hydroxylation is 1. The minimum Gasteiger partial charge on any atom is -0.352 e. The van der Waals surface area contributed by atoms with Crippen LogP contribution in [0.4, 0.5) is 0 Å². The zero-order chi connectivity index (χ0) is 26.9. The Labute approximate surface area is 240 Å². The second-order valence-corrected chi connectivity index (χ2v) is 11.6. The summed E-state index contributed by atoms with van der Waals surface area (Å²) in [6, 6.07) is 22.9. The van der Waals surface area contributed by atoms with Crippen LogP contribution < -0.4 is 5.32 Å². The molecule has 3 aromatic carbocycles. The number of halogens is 2. The quantitative estimate of drug-likeness (QED) is 0.265. The van der Waals surface area contributed by atoms with Crippen molar-refractivity contribution in [3.63, 3.8) is 0 Å². The number of rotatable bonds is 11. The van der Waals surface area contributed by atoms with Crippen molar-refractivity contribution in [3.05, 3.63) is 105 Å². The Morgan fingerprint density at radius 3 is 2.29 bits per heavy atom. The van der Waals surface area contributed by atoms with Gasteiger partial charge in [0.1, 0.15) is 6.04 Å². The van der Waals surface area contributed by atoms with Crippen LogP contribution in [0, 0.1) is 6.92 Å². The molecule has 0 aliphatic heterocycles. The molecule has 1 N–H and O–H groups in total. The lowest BCUT2D eigenvalue weighted by Crippen LogP contribution is -2.52. The van der Waals surface area contributed by atoms with Crippen molar-refractivity contribution in [2.45, 2.75) is 63.4 Å². The molecule has 0 aromatic heterocycles. The average Bonchev–Trinajstić information content (AvgIpc) is 3.42. The van der Waals surface area contributed by atoms with E-state index in [1.54, 1.807) is 17.0 Å². The highest BCUT2D eigenvalue weighted by atomic mass is 35.5. The Balaban J connectivity index is 1.59. The Bertz CT molecular complexity index is 1210. The highest BCUT2D eigenvalue weighted by molar-refractivity contribution is 7.99. The first-order valence-corrected chi connectivity index (χ1v) is 15.0. The fraction of sp³-hybridized carbons (Fsp3) is 0.355. The van der Waals surface area contributed by atoms with E-state index in [9.17, 15) is 9.59 Å². The van der Waals surface area contributed by atoms with Crippen molar-refractivity contribution >= 4 is 46.8 Å². The number of thioether (sulfide) groups is 1. The van der Waals surface area contributed by atoms with E-state index in [0.29, 0.717) is 28.8 Å². The number of carbonyl (C=O) groups excluding carboxylic acids is 2. The first-order chi connectivity index (χ1) is 18.4. The molecule has 2 amide bonds. The minimum atomic E-state index is -0.616. The summed E-state index contributed by atoms with van der Waals surface area (Å²) in [5.41, 5.74) is 3.97. The SMILES string of the molecule is Cc1ccccc1CN(C(=O)CSCc1c(Cl)cccc1Cl)[C@@H](Cc1ccccc1)C(=O)NC1CCCC1. The summed E-state index contributed by atoms with van der Waals surface area (Å²) in [5.74, 6) is 0.570.